The Morgan fingerprint density at radius 2 is 1.78 bits per heavy atom. The summed E-state index contributed by atoms with van der Waals surface area (Å²) < 4.78 is 58.6. The van der Waals surface area contributed by atoms with Gasteiger partial charge in [0.05, 0.1) is 29.6 Å². The molecule has 1 saturated heterocycles. The van der Waals surface area contributed by atoms with E-state index in [1.165, 1.54) is 37.5 Å². The van der Waals surface area contributed by atoms with Crippen molar-refractivity contribution in [3.63, 3.8) is 0 Å². The number of anilines is 4. The van der Waals surface area contributed by atoms with E-state index in [1.54, 1.807) is 6.07 Å². The fourth-order valence-electron chi connectivity index (χ4n) is 3.76. The van der Waals surface area contributed by atoms with Gasteiger partial charge in [-0.3, -0.25) is 4.79 Å². The largest absolute Gasteiger partial charge is 0.416 e. The number of hydrogen-bond acceptors (Lipinski definition) is 7. The van der Waals surface area contributed by atoms with Gasteiger partial charge in [0.1, 0.15) is 6.33 Å². The zero-order valence-corrected chi connectivity index (χ0v) is 19.3. The van der Waals surface area contributed by atoms with Crippen LogP contribution >= 0.6 is 0 Å². The van der Waals surface area contributed by atoms with E-state index in [1.807, 2.05) is 4.90 Å². The number of piperidine rings is 1. The predicted octanol–water partition coefficient (Wildman–Crippen LogP) is 4.92. The molecule has 0 atom stereocenters. The van der Waals surface area contributed by atoms with Crippen molar-refractivity contribution in [2.24, 2.45) is 0 Å². The zero-order chi connectivity index (χ0) is 25.7. The molecule has 0 radical (unpaired) electrons. The van der Waals surface area contributed by atoms with Crippen LogP contribution in [0, 0.1) is 5.82 Å². The number of rotatable bonds is 7. The van der Waals surface area contributed by atoms with Gasteiger partial charge < -0.3 is 20.3 Å². The first kappa shape index (κ1) is 25.3. The van der Waals surface area contributed by atoms with Crippen LogP contribution in [-0.2, 0) is 22.3 Å². The molecular formula is C24H24F4N6O2. The minimum atomic E-state index is -4.36. The van der Waals surface area contributed by atoms with Crippen LogP contribution < -0.4 is 15.5 Å². The van der Waals surface area contributed by atoms with Crippen molar-refractivity contribution in [3.05, 3.63) is 65.7 Å². The first-order chi connectivity index (χ1) is 17.2. The topological polar surface area (TPSA) is 92.3 Å². The van der Waals surface area contributed by atoms with Crippen molar-refractivity contribution in [2.75, 3.05) is 28.6 Å². The summed E-state index contributed by atoms with van der Waals surface area (Å²) in [6, 6.07) is 9.49. The van der Waals surface area contributed by atoms with Gasteiger partial charge in [0.25, 0.3) is 0 Å². The molecule has 4 rings (SSSR count). The lowest BCUT2D eigenvalue weighted by Crippen LogP contribution is -2.38. The van der Waals surface area contributed by atoms with E-state index < -0.39 is 17.6 Å². The van der Waals surface area contributed by atoms with Crippen LogP contribution in [0.15, 0.2) is 48.8 Å². The Morgan fingerprint density at radius 3 is 2.44 bits per heavy atom. The van der Waals surface area contributed by atoms with Crippen LogP contribution in [0.4, 0.5) is 40.8 Å². The highest BCUT2D eigenvalue weighted by Crippen LogP contribution is 2.29. The number of nitrogens with one attached hydrogen (secondary N) is 2. The molecule has 36 heavy (non-hydrogen) atoms. The molecule has 190 valence electrons. The van der Waals surface area contributed by atoms with Gasteiger partial charge in [-0.1, -0.05) is 18.2 Å². The van der Waals surface area contributed by atoms with Crippen molar-refractivity contribution in [2.45, 2.75) is 38.7 Å². The third kappa shape index (κ3) is 6.45. The molecule has 0 unspecified atom stereocenters. The van der Waals surface area contributed by atoms with Crippen molar-refractivity contribution < 1.29 is 27.1 Å². The van der Waals surface area contributed by atoms with E-state index in [9.17, 15) is 22.4 Å². The summed E-state index contributed by atoms with van der Waals surface area (Å²) in [4.78, 5) is 25.8. The van der Waals surface area contributed by atoms with Crippen molar-refractivity contribution in [3.8, 4) is 0 Å². The van der Waals surface area contributed by atoms with Crippen LogP contribution in [0.3, 0.4) is 0 Å². The van der Waals surface area contributed by atoms with Gasteiger partial charge in [0, 0.05) is 20.0 Å². The van der Waals surface area contributed by atoms with Crippen molar-refractivity contribution in [1.29, 1.82) is 0 Å². The summed E-state index contributed by atoms with van der Waals surface area (Å²) in [7, 11) is 0. The Bertz CT molecular complexity index is 1200. The fraction of sp³-hybridized carbons (Fsp3) is 0.333. The van der Waals surface area contributed by atoms with Gasteiger partial charge in [-0.15, -0.1) is 0 Å². The normalized spacial score (nSPS) is 14.5. The maximum absolute atomic E-state index is 14.7. The average molecular weight is 504 g/mol. The molecule has 1 amide bonds. The SMILES string of the molecule is CC(=O)Nc1cccc(Nc2ncnc(N3CCC(OCc4ccc(C(F)(F)F)cc4)CC3)n2)c1F. The van der Waals surface area contributed by atoms with E-state index in [0.717, 1.165) is 12.1 Å². The summed E-state index contributed by atoms with van der Waals surface area (Å²) in [6.07, 6.45) is -1.71. The summed E-state index contributed by atoms with van der Waals surface area (Å²) in [6.45, 7) is 2.73. The van der Waals surface area contributed by atoms with E-state index in [-0.39, 0.29) is 35.9 Å². The Hall–Kier alpha value is -3.80. The number of carbonyl (C=O) groups is 1. The number of benzene rings is 2. The highest BCUT2D eigenvalue weighted by Gasteiger charge is 2.30. The standard InChI is InChI=1S/C24H24F4N6O2/c1-15(35)31-19-3-2-4-20(21(19)25)32-22-29-14-30-23(33-22)34-11-9-18(10-12-34)36-13-16-5-7-17(8-6-16)24(26,27)28/h2-8,14,18H,9-13H2,1H3,(H,31,35)(H,29,30,32,33). The fourth-order valence-corrected chi connectivity index (χ4v) is 3.76. The molecule has 2 heterocycles. The zero-order valence-electron chi connectivity index (χ0n) is 19.3. The Kier molecular flexibility index (Phi) is 7.63. The second kappa shape index (κ2) is 10.9. The molecule has 1 aromatic heterocycles. The molecule has 0 spiro atoms. The summed E-state index contributed by atoms with van der Waals surface area (Å²) in [5.74, 6) is -0.451. The number of aromatic nitrogens is 3. The molecule has 1 aliphatic heterocycles. The highest BCUT2D eigenvalue weighted by atomic mass is 19.4. The quantitative estimate of drug-likeness (QED) is 0.442. The van der Waals surface area contributed by atoms with Crippen LogP contribution in [0.5, 0.6) is 0 Å². The van der Waals surface area contributed by atoms with Gasteiger partial charge in [0.15, 0.2) is 5.82 Å². The second-order valence-electron chi connectivity index (χ2n) is 8.27. The number of alkyl halides is 3. The molecule has 0 saturated carbocycles. The van der Waals surface area contributed by atoms with E-state index in [0.29, 0.717) is 37.4 Å². The lowest BCUT2D eigenvalue weighted by molar-refractivity contribution is -0.137. The third-order valence-corrected chi connectivity index (χ3v) is 5.61. The van der Waals surface area contributed by atoms with Gasteiger partial charge in [-0.05, 0) is 42.7 Å². The summed E-state index contributed by atoms with van der Waals surface area (Å²) in [5, 5.41) is 5.24. The molecule has 2 N–H and O–H groups in total. The molecule has 2 aromatic carbocycles. The smallest absolute Gasteiger partial charge is 0.373 e. The van der Waals surface area contributed by atoms with E-state index >= 15 is 0 Å². The first-order valence-corrected chi connectivity index (χ1v) is 11.2. The van der Waals surface area contributed by atoms with Crippen molar-refractivity contribution >= 4 is 29.2 Å². The summed E-state index contributed by atoms with van der Waals surface area (Å²) >= 11 is 0. The number of ether oxygens (including phenoxy) is 1. The molecule has 1 fully saturated rings. The van der Waals surface area contributed by atoms with Gasteiger partial charge in [0.2, 0.25) is 17.8 Å². The number of amides is 1. The molecule has 8 nitrogen and oxygen atoms in total. The van der Waals surface area contributed by atoms with Crippen LogP contribution in [0.2, 0.25) is 0 Å². The molecule has 1 aliphatic rings. The number of carbonyl (C=O) groups excluding carboxylic acids is 1. The average Bonchev–Trinajstić information content (AvgIpc) is 2.85. The first-order valence-electron chi connectivity index (χ1n) is 11.2. The van der Waals surface area contributed by atoms with Crippen LogP contribution in [0.25, 0.3) is 0 Å². The molecular weight excluding hydrogens is 480 g/mol. The third-order valence-electron chi connectivity index (χ3n) is 5.61. The molecule has 3 aromatic rings. The van der Waals surface area contributed by atoms with Crippen LogP contribution in [0.1, 0.15) is 30.9 Å². The van der Waals surface area contributed by atoms with Gasteiger partial charge in [-0.25, -0.2) is 14.4 Å². The summed E-state index contributed by atoms with van der Waals surface area (Å²) in [5.41, 5.74) is 0.135. The maximum Gasteiger partial charge on any atom is 0.416 e. The molecule has 0 bridgehead atoms. The monoisotopic (exact) mass is 504 g/mol. The Labute approximate surface area is 204 Å². The molecule has 12 heteroatoms. The maximum atomic E-state index is 14.7. The van der Waals surface area contributed by atoms with Crippen molar-refractivity contribution in [1.82, 2.24) is 15.0 Å². The number of hydrogen-bond donors (Lipinski definition) is 2. The highest BCUT2D eigenvalue weighted by molar-refractivity contribution is 5.89. The minimum absolute atomic E-state index is 0.0418. The lowest BCUT2D eigenvalue weighted by atomic mass is 10.1. The second-order valence-corrected chi connectivity index (χ2v) is 8.27. The number of halogens is 4. The van der Waals surface area contributed by atoms with E-state index in [2.05, 4.69) is 25.6 Å². The Morgan fingerprint density at radius 1 is 1.08 bits per heavy atom. The number of nitrogens with zero attached hydrogens (tertiary/aromatic N) is 4. The Balaban J connectivity index is 1.31. The van der Waals surface area contributed by atoms with Gasteiger partial charge in [-0.2, -0.15) is 18.2 Å². The minimum Gasteiger partial charge on any atom is -0.373 e. The van der Waals surface area contributed by atoms with E-state index in [4.69, 9.17) is 4.74 Å². The van der Waals surface area contributed by atoms with Crippen LogP contribution in [-0.4, -0.2) is 40.1 Å². The van der Waals surface area contributed by atoms with Gasteiger partial charge >= 0.3 is 6.18 Å². The molecule has 0 aliphatic carbocycles. The lowest BCUT2D eigenvalue weighted by Gasteiger charge is -2.32. The predicted molar refractivity (Wildman–Crippen MR) is 125 cm³/mol.